The topological polar surface area (TPSA) is 29.9 Å². The van der Waals surface area contributed by atoms with Gasteiger partial charge in [0.1, 0.15) is 0 Å². The Morgan fingerprint density at radius 2 is 2.06 bits per heavy atom. The molecule has 2 aromatic rings. The van der Waals surface area contributed by atoms with Crippen molar-refractivity contribution in [1.29, 1.82) is 0 Å². The summed E-state index contributed by atoms with van der Waals surface area (Å²) in [5.74, 6) is 0.907. The highest BCUT2D eigenvalue weighted by Gasteiger charge is 2.26. The number of rotatable bonds is 5. The Hall–Kier alpha value is -1.61. The quantitative estimate of drug-likeness (QED) is 0.872. The van der Waals surface area contributed by atoms with Crippen LogP contribution >= 0.6 is 0 Å². The lowest BCUT2D eigenvalue weighted by Crippen LogP contribution is -2.17. The molecule has 3 heteroatoms. The first-order valence-corrected chi connectivity index (χ1v) is 6.65. The number of nitrogens with one attached hydrogen (secondary N) is 1. The van der Waals surface area contributed by atoms with Crippen molar-refractivity contribution in [2.24, 2.45) is 5.92 Å². The van der Waals surface area contributed by atoms with Gasteiger partial charge >= 0.3 is 0 Å². The van der Waals surface area contributed by atoms with Gasteiger partial charge < -0.3 is 5.32 Å². The molecule has 1 aliphatic rings. The molecule has 0 aliphatic heterocycles. The molecule has 3 rings (SSSR count). The lowest BCUT2D eigenvalue weighted by atomic mass is 10.1. The molecule has 1 unspecified atom stereocenters. The van der Waals surface area contributed by atoms with Crippen molar-refractivity contribution >= 4 is 0 Å². The third-order valence-electron chi connectivity index (χ3n) is 3.60. The van der Waals surface area contributed by atoms with Gasteiger partial charge in [0, 0.05) is 6.20 Å². The highest BCUT2D eigenvalue weighted by Crippen LogP contribution is 2.37. The van der Waals surface area contributed by atoms with E-state index < -0.39 is 0 Å². The highest BCUT2D eigenvalue weighted by atomic mass is 15.3. The smallest absolute Gasteiger partial charge is 0.0798 e. The Kier molecular flexibility index (Phi) is 3.15. The monoisotopic (exact) mass is 241 g/mol. The largest absolute Gasteiger partial charge is 0.312 e. The second-order valence-corrected chi connectivity index (χ2v) is 5.04. The Morgan fingerprint density at radius 1 is 1.28 bits per heavy atom. The first kappa shape index (κ1) is 11.5. The van der Waals surface area contributed by atoms with Gasteiger partial charge in [-0.15, -0.1) is 0 Å². The highest BCUT2D eigenvalue weighted by molar-refractivity contribution is 5.30. The van der Waals surface area contributed by atoms with Gasteiger partial charge in [0.15, 0.2) is 0 Å². The summed E-state index contributed by atoms with van der Waals surface area (Å²) in [6.07, 6.45) is 6.03. The summed E-state index contributed by atoms with van der Waals surface area (Å²) in [6.45, 7) is 0. The third kappa shape index (κ3) is 2.46. The molecular weight excluding hydrogens is 222 g/mol. The van der Waals surface area contributed by atoms with E-state index in [1.54, 1.807) is 0 Å². The predicted octanol–water partition coefficient (Wildman–Crippen LogP) is 2.93. The minimum absolute atomic E-state index is 0.391. The molecule has 0 radical (unpaired) electrons. The van der Waals surface area contributed by atoms with Crippen molar-refractivity contribution in [3.8, 4) is 5.69 Å². The second kappa shape index (κ2) is 4.94. The van der Waals surface area contributed by atoms with Crippen molar-refractivity contribution in [3.63, 3.8) is 0 Å². The number of para-hydroxylation sites is 1. The van der Waals surface area contributed by atoms with Crippen LogP contribution in [0.5, 0.6) is 0 Å². The van der Waals surface area contributed by atoms with Crippen LogP contribution in [0.2, 0.25) is 0 Å². The Morgan fingerprint density at radius 3 is 2.72 bits per heavy atom. The zero-order valence-corrected chi connectivity index (χ0v) is 10.7. The lowest BCUT2D eigenvalue weighted by molar-refractivity contribution is 0.499. The van der Waals surface area contributed by atoms with Gasteiger partial charge in [-0.3, -0.25) is 0 Å². The fraction of sp³-hybridized carbons (Fsp3) is 0.400. The first-order chi connectivity index (χ1) is 8.86. The summed E-state index contributed by atoms with van der Waals surface area (Å²) in [4.78, 5) is 0. The van der Waals surface area contributed by atoms with Crippen LogP contribution in [0.3, 0.4) is 0 Å². The maximum absolute atomic E-state index is 4.69. The van der Waals surface area contributed by atoms with Crippen LogP contribution in [-0.4, -0.2) is 16.8 Å². The number of benzene rings is 1. The average Bonchev–Trinajstić information content (AvgIpc) is 3.11. The summed E-state index contributed by atoms with van der Waals surface area (Å²) >= 11 is 0. The van der Waals surface area contributed by atoms with Crippen molar-refractivity contribution in [3.05, 3.63) is 48.3 Å². The Bertz CT molecular complexity index is 499. The fourth-order valence-corrected chi connectivity index (χ4v) is 2.32. The summed E-state index contributed by atoms with van der Waals surface area (Å²) < 4.78 is 1.95. The molecule has 1 saturated carbocycles. The van der Waals surface area contributed by atoms with Crippen molar-refractivity contribution in [2.75, 3.05) is 7.05 Å². The number of nitrogens with zero attached hydrogens (tertiary/aromatic N) is 2. The van der Waals surface area contributed by atoms with E-state index in [9.17, 15) is 0 Å². The molecule has 1 atom stereocenters. The Labute approximate surface area is 108 Å². The predicted molar refractivity (Wildman–Crippen MR) is 72.7 cm³/mol. The first-order valence-electron chi connectivity index (χ1n) is 6.65. The van der Waals surface area contributed by atoms with Gasteiger partial charge in [-0.2, -0.15) is 5.10 Å². The van der Waals surface area contributed by atoms with E-state index in [1.165, 1.54) is 19.3 Å². The third-order valence-corrected chi connectivity index (χ3v) is 3.60. The molecule has 1 aromatic carbocycles. The molecule has 1 aliphatic carbocycles. The van der Waals surface area contributed by atoms with Crippen molar-refractivity contribution < 1.29 is 0 Å². The van der Waals surface area contributed by atoms with Crippen LogP contribution in [0.1, 0.15) is 31.0 Å². The minimum Gasteiger partial charge on any atom is -0.312 e. The normalized spacial score (nSPS) is 16.7. The van der Waals surface area contributed by atoms with Gasteiger partial charge in [-0.05, 0) is 37.6 Å². The van der Waals surface area contributed by atoms with Crippen molar-refractivity contribution in [2.45, 2.75) is 25.3 Å². The van der Waals surface area contributed by atoms with Crippen LogP contribution in [0.15, 0.2) is 42.6 Å². The van der Waals surface area contributed by atoms with E-state index >= 15 is 0 Å². The number of aromatic nitrogens is 2. The van der Waals surface area contributed by atoms with Gasteiger partial charge in [0.2, 0.25) is 0 Å². The Balaban J connectivity index is 1.79. The molecule has 1 aromatic heterocycles. The zero-order valence-electron chi connectivity index (χ0n) is 10.7. The van der Waals surface area contributed by atoms with Gasteiger partial charge in [0.25, 0.3) is 0 Å². The average molecular weight is 241 g/mol. The molecule has 0 spiro atoms. The van der Waals surface area contributed by atoms with Gasteiger partial charge in [-0.25, -0.2) is 4.68 Å². The SMILES string of the molecule is CNC(CC1CC1)c1ccn(-c2ccccc2)n1. The van der Waals surface area contributed by atoms with Crippen LogP contribution in [0.4, 0.5) is 0 Å². The molecule has 0 saturated heterocycles. The second-order valence-electron chi connectivity index (χ2n) is 5.04. The van der Waals surface area contributed by atoms with E-state index in [4.69, 9.17) is 0 Å². The molecule has 0 bridgehead atoms. The molecule has 1 heterocycles. The van der Waals surface area contributed by atoms with Gasteiger partial charge in [-0.1, -0.05) is 31.0 Å². The summed E-state index contributed by atoms with van der Waals surface area (Å²) in [7, 11) is 2.02. The lowest BCUT2D eigenvalue weighted by Gasteiger charge is -2.12. The molecule has 0 amide bonds. The maximum Gasteiger partial charge on any atom is 0.0798 e. The molecule has 3 nitrogen and oxygen atoms in total. The minimum atomic E-state index is 0.391. The standard InChI is InChI=1S/C15H19N3/c1-16-15(11-12-7-8-12)14-9-10-18(17-14)13-5-3-2-4-6-13/h2-6,9-10,12,15-16H,7-8,11H2,1H3. The van der Waals surface area contributed by atoms with Crippen LogP contribution in [-0.2, 0) is 0 Å². The summed E-state index contributed by atoms with van der Waals surface area (Å²) in [5.41, 5.74) is 2.26. The van der Waals surface area contributed by atoms with Crippen LogP contribution < -0.4 is 5.32 Å². The van der Waals surface area contributed by atoms with E-state index in [1.807, 2.05) is 36.1 Å². The molecule has 1 N–H and O–H groups in total. The van der Waals surface area contributed by atoms with E-state index in [2.05, 4.69) is 28.6 Å². The molecule has 18 heavy (non-hydrogen) atoms. The van der Waals surface area contributed by atoms with E-state index in [0.717, 1.165) is 17.3 Å². The molecule has 94 valence electrons. The number of hydrogen-bond donors (Lipinski definition) is 1. The number of hydrogen-bond acceptors (Lipinski definition) is 2. The molecular formula is C15H19N3. The summed E-state index contributed by atoms with van der Waals surface area (Å²) in [6, 6.07) is 12.8. The van der Waals surface area contributed by atoms with E-state index in [0.29, 0.717) is 6.04 Å². The maximum atomic E-state index is 4.69. The fourth-order valence-electron chi connectivity index (χ4n) is 2.32. The van der Waals surface area contributed by atoms with Gasteiger partial charge in [0.05, 0.1) is 17.4 Å². The van der Waals surface area contributed by atoms with Crippen molar-refractivity contribution in [1.82, 2.24) is 15.1 Å². The zero-order chi connectivity index (χ0) is 12.4. The van der Waals surface area contributed by atoms with Crippen LogP contribution in [0, 0.1) is 5.92 Å². The molecule has 1 fully saturated rings. The van der Waals surface area contributed by atoms with E-state index in [-0.39, 0.29) is 0 Å². The summed E-state index contributed by atoms with van der Waals surface area (Å²) in [5, 5.41) is 8.07. The van der Waals surface area contributed by atoms with Crippen LogP contribution in [0.25, 0.3) is 5.69 Å².